The second-order valence-corrected chi connectivity index (χ2v) is 7.90. The second kappa shape index (κ2) is 7.94. The van der Waals surface area contributed by atoms with Crippen molar-refractivity contribution in [3.8, 4) is 0 Å². The number of hydrogen-bond donors (Lipinski definition) is 2. The topological polar surface area (TPSA) is 50.5 Å². The molecule has 1 saturated heterocycles. The van der Waals surface area contributed by atoms with Gasteiger partial charge in [0, 0.05) is 31.4 Å². The summed E-state index contributed by atoms with van der Waals surface area (Å²) < 4.78 is 5.81. The van der Waals surface area contributed by atoms with E-state index in [0.717, 1.165) is 54.8 Å². The van der Waals surface area contributed by atoms with Crippen molar-refractivity contribution >= 4 is 23.0 Å². The van der Waals surface area contributed by atoms with Crippen LogP contribution in [0.3, 0.4) is 0 Å². The first-order chi connectivity index (χ1) is 11.5. The summed E-state index contributed by atoms with van der Waals surface area (Å²) in [6, 6.07) is 6.73. The molecule has 1 aliphatic heterocycles. The molecule has 2 unspecified atom stereocenters. The third-order valence-electron chi connectivity index (χ3n) is 5.19. The van der Waals surface area contributed by atoms with Crippen LogP contribution >= 0.6 is 11.6 Å². The molecule has 5 heteroatoms. The molecule has 0 aromatic heterocycles. The summed E-state index contributed by atoms with van der Waals surface area (Å²) in [5.74, 6) is 0.726. The smallest absolute Gasteiger partial charge is 0.0726 e. The molecule has 2 fully saturated rings. The van der Waals surface area contributed by atoms with Crippen molar-refractivity contribution < 1.29 is 4.74 Å². The van der Waals surface area contributed by atoms with Crippen LogP contribution in [0.4, 0.5) is 11.4 Å². The number of benzene rings is 1. The van der Waals surface area contributed by atoms with Gasteiger partial charge in [0.25, 0.3) is 0 Å². The highest BCUT2D eigenvalue weighted by Gasteiger charge is 2.24. The van der Waals surface area contributed by atoms with Crippen LogP contribution in [0.1, 0.15) is 39.5 Å². The Morgan fingerprint density at radius 1 is 1.17 bits per heavy atom. The first kappa shape index (κ1) is 17.8. The molecule has 3 N–H and O–H groups in total. The van der Waals surface area contributed by atoms with E-state index in [-0.39, 0.29) is 12.2 Å². The minimum Gasteiger partial charge on any atom is -0.385 e. The molecule has 4 nitrogen and oxygen atoms in total. The van der Waals surface area contributed by atoms with Gasteiger partial charge in [-0.25, -0.2) is 0 Å². The summed E-state index contributed by atoms with van der Waals surface area (Å²) in [5.41, 5.74) is 8.19. The molecule has 1 heterocycles. The molecule has 2 atom stereocenters. The molecule has 0 radical (unpaired) electrons. The van der Waals surface area contributed by atoms with Gasteiger partial charge in [-0.15, -0.1) is 0 Å². The number of rotatable bonds is 4. The van der Waals surface area contributed by atoms with Crippen LogP contribution in [0.15, 0.2) is 18.2 Å². The van der Waals surface area contributed by atoms with E-state index in [4.69, 9.17) is 22.1 Å². The van der Waals surface area contributed by atoms with Gasteiger partial charge in [0.05, 0.1) is 22.9 Å². The zero-order valence-corrected chi connectivity index (χ0v) is 15.6. The molecule has 3 rings (SSSR count). The van der Waals surface area contributed by atoms with Gasteiger partial charge in [-0.05, 0) is 63.6 Å². The van der Waals surface area contributed by atoms with Gasteiger partial charge in [-0.2, -0.15) is 0 Å². The Morgan fingerprint density at radius 2 is 1.83 bits per heavy atom. The van der Waals surface area contributed by atoms with Crippen LogP contribution in [0.25, 0.3) is 0 Å². The molecule has 1 aromatic rings. The Hall–Kier alpha value is -0.970. The van der Waals surface area contributed by atoms with Gasteiger partial charge in [0.2, 0.25) is 0 Å². The highest BCUT2D eigenvalue weighted by molar-refractivity contribution is 6.33. The first-order valence-electron chi connectivity index (χ1n) is 9.20. The molecular formula is C19H30ClN3O. The third kappa shape index (κ3) is 4.56. The summed E-state index contributed by atoms with van der Waals surface area (Å²) in [6.45, 7) is 7.01. The number of anilines is 2. The van der Waals surface area contributed by atoms with Gasteiger partial charge >= 0.3 is 0 Å². The predicted octanol–water partition coefficient (Wildman–Crippen LogP) is 3.88. The van der Waals surface area contributed by atoms with Crippen molar-refractivity contribution in [2.45, 2.75) is 57.8 Å². The van der Waals surface area contributed by atoms with Gasteiger partial charge in [0.15, 0.2) is 0 Å². The Bertz CT molecular complexity index is 535. The fourth-order valence-corrected chi connectivity index (χ4v) is 4.20. The number of nitrogens with zero attached hydrogens (tertiary/aromatic N) is 1. The van der Waals surface area contributed by atoms with Crippen molar-refractivity contribution in [1.29, 1.82) is 0 Å². The average Bonchev–Trinajstić information content (AvgIpc) is 2.53. The Morgan fingerprint density at radius 3 is 2.46 bits per heavy atom. The van der Waals surface area contributed by atoms with Crippen LogP contribution in [-0.2, 0) is 4.74 Å². The minimum atomic E-state index is 0.236. The van der Waals surface area contributed by atoms with Crippen molar-refractivity contribution in [3.05, 3.63) is 23.2 Å². The van der Waals surface area contributed by atoms with E-state index in [1.165, 1.54) is 12.8 Å². The lowest BCUT2D eigenvalue weighted by atomic mass is 9.86. The van der Waals surface area contributed by atoms with E-state index in [0.29, 0.717) is 6.04 Å². The number of nitrogens with two attached hydrogens (primary N) is 1. The van der Waals surface area contributed by atoms with Gasteiger partial charge < -0.3 is 20.7 Å². The van der Waals surface area contributed by atoms with Crippen molar-refractivity contribution in [2.24, 2.45) is 11.7 Å². The number of halogens is 1. The van der Waals surface area contributed by atoms with Crippen LogP contribution in [0, 0.1) is 5.92 Å². The maximum absolute atomic E-state index is 6.56. The molecule has 1 aromatic carbocycles. The lowest BCUT2D eigenvalue weighted by Gasteiger charge is -2.37. The molecule has 0 bridgehead atoms. The third-order valence-corrected chi connectivity index (χ3v) is 5.50. The molecule has 2 aliphatic rings. The predicted molar refractivity (Wildman–Crippen MR) is 102 cm³/mol. The van der Waals surface area contributed by atoms with Crippen molar-refractivity contribution in [3.63, 3.8) is 0 Å². The summed E-state index contributed by atoms with van der Waals surface area (Å²) in [6.07, 6.45) is 5.23. The molecule has 0 amide bonds. The monoisotopic (exact) mass is 351 g/mol. The fraction of sp³-hybridized carbons (Fsp3) is 0.684. The number of ether oxygens (including phenoxy) is 1. The van der Waals surface area contributed by atoms with Crippen LogP contribution in [-0.4, -0.2) is 37.9 Å². The number of morpholine rings is 1. The molecule has 0 spiro atoms. The van der Waals surface area contributed by atoms with Crippen LogP contribution < -0.4 is 16.0 Å². The summed E-state index contributed by atoms with van der Waals surface area (Å²) in [4.78, 5) is 2.33. The fourth-order valence-electron chi connectivity index (χ4n) is 3.90. The molecular weight excluding hydrogens is 322 g/mol. The molecule has 24 heavy (non-hydrogen) atoms. The molecule has 1 aliphatic carbocycles. The first-order valence-corrected chi connectivity index (χ1v) is 9.58. The maximum Gasteiger partial charge on any atom is 0.0726 e. The molecule has 134 valence electrons. The Kier molecular flexibility index (Phi) is 5.90. The van der Waals surface area contributed by atoms with Gasteiger partial charge in [0.1, 0.15) is 0 Å². The largest absolute Gasteiger partial charge is 0.385 e. The lowest BCUT2D eigenvalue weighted by Crippen LogP contribution is -2.45. The SMILES string of the molecule is CC1CN(c2ccc(NC[C@H]3CC[C@H](N)CC3)cc2Cl)CC(C)O1. The lowest BCUT2D eigenvalue weighted by molar-refractivity contribution is -0.00520. The van der Waals surface area contributed by atoms with E-state index in [1.54, 1.807) is 0 Å². The second-order valence-electron chi connectivity index (χ2n) is 7.49. The van der Waals surface area contributed by atoms with E-state index >= 15 is 0 Å². The average molecular weight is 352 g/mol. The van der Waals surface area contributed by atoms with E-state index in [2.05, 4.69) is 42.3 Å². The standard InChI is InChI=1S/C19H30ClN3O/c1-13-11-23(12-14(2)24-13)19-8-7-17(9-18(19)20)22-10-15-3-5-16(21)6-4-15/h7-9,13-16,22H,3-6,10-12,21H2,1-2H3/t13?,14?,15-,16-. The number of hydrogen-bond acceptors (Lipinski definition) is 4. The van der Waals surface area contributed by atoms with Gasteiger partial charge in [-0.3, -0.25) is 0 Å². The quantitative estimate of drug-likeness (QED) is 0.864. The highest BCUT2D eigenvalue weighted by Crippen LogP contribution is 2.31. The summed E-state index contributed by atoms with van der Waals surface area (Å²) in [7, 11) is 0. The zero-order chi connectivity index (χ0) is 17.1. The summed E-state index contributed by atoms with van der Waals surface area (Å²) in [5, 5.41) is 4.36. The van der Waals surface area contributed by atoms with Crippen molar-refractivity contribution in [2.75, 3.05) is 29.9 Å². The van der Waals surface area contributed by atoms with E-state index < -0.39 is 0 Å². The highest BCUT2D eigenvalue weighted by atomic mass is 35.5. The van der Waals surface area contributed by atoms with Crippen LogP contribution in [0.2, 0.25) is 5.02 Å². The maximum atomic E-state index is 6.56. The number of nitrogens with one attached hydrogen (secondary N) is 1. The zero-order valence-electron chi connectivity index (χ0n) is 14.8. The minimum absolute atomic E-state index is 0.236. The van der Waals surface area contributed by atoms with E-state index in [1.807, 2.05) is 0 Å². The molecule has 1 saturated carbocycles. The summed E-state index contributed by atoms with van der Waals surface area (Å²) >= 11 is 6.56. The Balaban J connectivity index is 1.58. The van der Waals surface area contributed by atoms with Gasteiger partial charge in [-0.1, -0.05) is 11.6 Å². The van der Waals surface area contributed by atoms with Crippen molar-refractivity contribution in [1.82, 2.24) is 0 Å². The van der Waals surface area contributed by atoms with E-state index in [9.17, 15) is 0 Å². The van der Waals surface area contributed by atoms with Crippen LogP contribution in [0.5, 0.6) is 0 Å². The normalized spacial score (nSPS) is 31.1. The Labute approximate surface area is 150 Å².